The molecule has 0 bridgehead atoms. The van der Waals surface area contributed by atoms with Crippen LogP contribution in [0, 0.1) is 0 Å². The summed E-state index contributed by atoms with van der Waals surface area (Å²) in [5.74, 6) is 0.933. The monoisotopic (exact) mass is 295 g/mol. The highest BCUT2D eigenvalue weighted by Gasteiger charge is 2.24. The van der Waals surface area contributed by atoms with Gasteiger partial charge in [0.15, 0.2) is 5.65 Å². The smallest absolute Gasteiger partial charge is 0.163 e. The van der Waals surface area contributed by atoms with E-state index in [-0.39, 0.29) is 6.10 Å². The Morgan fingerprint density at radius 1 is 1.18 bits per heavy atom. The maximum absolute atomic E-state index is 5.93. The number of rotatable bonds is 2. The van der Waals surface area contributed by atoms with Crippen LogP contribution in [0.3, 0.4) is 0 Å². The molecule has 4 rings (SSSR count). The lowest BCUT2D eigenvalue weighted by atomic mass is 10.1. The Labute approximate surface area is 128 Å². The molecule has 1 aromatic carbocycles. The minimum absolute atomic E-state index is 0.0663. The Balaban J connectivity index is 1.67. The van der Waals surface area contributed by atoms with E-state index in [1.54, 1.807) is 11.0 Å². The van der Waals surface area contributed by atoms with Crippen LogP contribution in [0.1, 0.15) is 11.7 Å². The van der Waals surface area contributed by atoms with Gasteiger partial charge in [-0.1, -0.05) is 30.3 Å². The van der Waals surface area contributed by atoms with Crippen LogP contribution in [0.2, 0.25) is 0 Å². The van der Waals surface area contributed by atoms with Gasteiger partial charge in [0, 0.05) is 20.1 Å². The molecule has 1 aliphatic heterocycles. The number of anilines is 1. The number of aromatic nitrogens is 4. The summed E-state index contributed by atoms with van der Waals surface area (Å²) in [6.07, 6.45) is 3.50. The molecule has 3 aromatic rings. The molecule has 22 heavy (non-hydrogen) atoms. The Kier molecular flexibility index (Phi) is 3.23. The first-order valence-electron chi connectivity index (χ1n) is 7.37. The van der Waals surface area contributed by atoms with Gasteiger partial charge in [-0.25, -0.2) is 9.97 Å². The highest BCUT2D eigenvalue weighted by Crippen LogP contribution is 2.28. The lowest BCUT2D eigenvalue weighted by molar-refractivity contribution is 0.0396. The van der Waals surface area contributed by atoms with Crippen molar-refractivity contribution in [3.05, 3.63) is 48.4 Å². The molecule has 0 radical (unpaired) electrons. The number of benzene rings is 1. The molecule has 112 valence electrons. The molecule has 0 spiro atoms. The van der Waals surface area contributed by atoms with Crippen LogP contribution in [0.4, 0.5) is 5.82 Å². The van der Waals surface area contributed by atoms with Crippen molar-refractivity contribution in [2.45, 2.75) is 6.10 Å². The van der Waals surface area contributed by atoms with Crippen LogP contribution in [-0.4, -0.2) is 39.4 Å². The summed E-state index contributed by atoms with van der Waals surface area (Å²) in [6, 6.07) is 10.3. The summed E-state index contributed by atoms with van der Waals surface area (Å²) in [5.41, 5.74) is 2.05. The minimum atomic E-state index is 0.0663. The van der Waals surface area contributed by atoms with Gasteiger partial charge in [-0.15, -0.1) is 0 Å². The first-order valence-corrected chi connectivity index (χ1v) is 7.37. The normalized spacial score (nSPS) is 18.8. The summed E-state index contributed by atoms with van der Waals surface area (Å²) in [7, 11) is 1.89. The number of ether oxygens (including phenoxy) is 1. The van der Waals surface area contributed by atoms with Crippen LogP contribution < -0.4 is 4.90 Å². The fraction of sp³-hybridized carbons (Fsp3) is 0.312. The third-order valence-corrected chi connectivity index (χ3v) is 4.05. The first kappa shape index (κ1) is 13.2. The molecule has 1 fully saturated rings. The number of hydrogen-bond acceptors (Lipinski definition) is 5. The summed E-state index contributed by atoms with van der Waals surface area (Å²) in [5, 5.41) is 5.27. The van der Waals surface area contributed by atoms with E-state index in [1.165, 1.54) is 5.56 Å². The minimum Gasteiger partial charge on any atom is -0.370 e. The van der Waals surface area contributed by atoms with E-state index in [0.29, 0.717) is 6.61 Å². The van der Waals surface area contributed by atoms with Crippen LogP contribution in [0.25, 0.3) is 11.0 Å². The maximum Gasteiger partial charge on any atom is 0.163 e. The second-order valence-electron chi connectivity index (χ2n) is 5.42. The van der Waals surface area contributed by atoms with Crippen LogP contribution in [-0.2, 0) is 11.8 Å². The molecule has 0 N–H and O–H groups in total. The quantitative estimate of drug-likeness (QED) is 0.723. The van der Waals surface area contributed by atoms with E-state index in [1.807, 2.05) is 31.4 Å². The van der Waals surface area contributed by atoms with Crippen molar-refractivity contribution in [2.75, 3.05) is 24.6 Å². The highest BCUT2D eigenvalue weighted by atomic mass is 16.5. The molecule has 2 aromatic heterocycles. The SMILES string of the molecule is Cn1ncc2c(N3CCO[C@H](c4ccccc4)C3)ncnc21. The van der Waals surface area contributed by atoms with E-state index in [0.717, 1.165) is 29.9 Å². The third kappa shape index (κ3) is 2.21. The van der Waals surface area contributed by atoms with E-state index in [2.05, 4.69) is 32.1 Å². The fourth-order valence-electron chi connectivity index (χ4n) is 2.91. The zero-order valence-corrected chi connectivity index (χ0v) is 12.4. The Morgan fingerprint density at radius 2 is 2.05 bits per heavy atom. The van der Waals surface area contributed by atoms with Crippen molar-refractivity contribution in [1.29, 1.82) is 0 Å². The molecular formula is C16H17N5O. The molecule has 0 unspecified atom stereocenters. The summed E-state index contributed by atoms with van der Waals surface area (Å²) >= 11 is 0. The van der Waals surface area contributed by atoms with E-state index < -0.39 is 0 Å². The van der Waals surface area contributed by atoms with Gasteiger partial charge in [0.2, 0.25) is 0 Å². The second-order valence-corrected chi connectivity index (χ2v) is 5.42. The number of hydrogen-bond donors (Lipinski definition) is 0. The van der Waals surface area contributed by atoms with Crippen molar-refractivity contribution in [1.82, 2.24) is 19.7 Å². The van der Waals surface area contributed by atoms with Gasteiger partial charge in [0.1, 0.15) is 18.2 Å². The summed E-state index contributed by atoms with van der Waals surface area (Å²) < 4.78 is 7.70. The summed E-state index contributed by atoms with van der Waals surface area (Å²) in [4.78, 5) is 11.0. The number of morpholine rings is 1. The number of fused-ring (bicyclic) bond motifs is 1. The first-order chi connectivity index (χ1) is 10.8. The lowest BCUT2D eigenvalue weighted by Crippen LogP contribution is -2.39. The summed E-state index contributed by atoms with van der Waals surface area (Å²) in [6.45, 7) is 2.29. The van der Waals surface area contributed by atoms with Crippen molar-refractivity contribution in [3.8, 4) is 0 Å². The number of nitrogens with zero attached hydrogens (tertiary/aromatic N) is 5. The molecule has 1 aliphatic rings. The van der Waals surface area contributed by atoms with E-state index >= 15 is 0 Å². The largest absolute Gasteiger partial charge is 0.370 e. The van der Waals surface area contributed by atoms with Gasteiger partial charge < -0.3 is 9.64 Å². The zero-order valence-electron chi connectivity index (χ0n) is 12.4. The van der Waals surface area contributed by atoms with Crippen molar-refractivity contribution in [2.24, 2.45) is 7.05 Å². The van der Waals surface area contributed by atoms with Gasteiger partial charge in [-0.2, -0.15) is 5.10 Å². The predicted molar refractivity (Wildman–Crippen MR) is 83.7 cm³/mol. The Hall–Kier alpha value is -2.47. The Bertz CT molecular complexity index is 786. The maximum atomic E-state index is 5.93. The standard InChI is InChI=1S/C16H17N5O/c1-20-15-13(9-19-20)16(18-11-17-15)21-7-8-22-14(10-21)12-5-3-2-4-6-12/h2-6,9,11,14H,7-8,10H2,1H3/t14-/m0/s1. The van der Waals surface area contributed by atoms with Crippen LogP contribution >= 0.6 is 0 Å². The zero-order chi connectivity index (χ0) is 14.9. The molecule has 0 amide bonds. The molecule has 6 heteroatoms. The van der Waals surface area contributed by atoms with Gasteiger partial charge in [0.05, 0.1) is 18.2 Å². The van der Waals surface area contributed by atoms with Crippen LogP contribution in [0.15, 0.2) is 42.9 Å². The third-order valence-electron chi connectivity index (χ3n) is 4.05. The molecule has 3 heterocycles. The average molecular weight is 295 g/mol. The average Bonchev–Trinajstić information content (AvgIpc) is 2.97. The molecular weight excluding hydrogens is 278 g/mol. The van der Waals surface area contributed by atoms with Crippen molar-refractivity contribution >= 4 is 16.9 Å². The highest BCUT2D eigenvalue weighted by molar-refractivity contribution is 5.86. The molecule has 0 aliphatic carbocycles. The lowest BCUT2D eigenvalue weighted by Gasteiger charge is -2.34. The van der Waals surface area contributed by atoms with E-state index in [9.17, 15) is 0 Å². The van der Waals surface area contributed by atoms with Crippen LogP contribution in [0.5, 0.6) is 0 Å². The molecule has 1 saturated heterocycles. The topological polar surface area (TPSA) is 56.1 Å². The van der Waals surface area contributed by atoms with E-state index in [4.69, 9.17) is 4.74 Å². The van der Waals surface area contributed by atoms with Gasteiger partial charge in [-0.3, -0.25) is 4.68 Å². The Morgan fingerprint density at radius 3 is 2.91 bits per heavy atom. The molecule has 6 nitrogen and oxygen atoms in total. The molecule has 1 atom stereocenters. The predicted octanol–water partition coefficient (Wildman–Crippen LogP) is 1.94. The molecule has 0 saturated carbocycles. The number of aryl methyl sites for hydroxylation is 1. The van der Waals surface area contributed by atoms with Crippen molar-refractivity contribution < 1.29 is 4.74 Å². The van der Waals surface area contributed by atoms with Crippen molar-refractivity contribution in [3.63, 3.8) is 0 Å². The van der Waals surface area contributed by atoms with Gasteiger partial charge >= 0.3 is 0 Å². The van der Waals surface area contributed by atoms with Gasteiger partial charge in [-0.05, 0) is 5.56 Å². The second kappa shape index (κ2) is 5.38. The van der Waals surface area contributed by atoms with Gasteiger partial charge in [0.25, 0.3) is 0 Å². The fourth-order valence-corrected chi connectivity index (χ4v) is 2.91.